The number of anilines is 1. The Morgan fingerprint density at radius 2 is 2.03 bits per heavy atom. The number of aryl methyl sites for hydroxylation is 1. The summed E-state index contributed by atoms with van der Waals surface area (Å²) >= 11 is 1.51. The van der Waals surface area contributed by atoms with Crippen molar-refractivity contribution in [3.63, 3.8) is 0 Å². The van der Waals surface area contributed by atoms with E-state index in [1.165, 1.54) is 34.6 Å². The predicted octanol–water partition coefficient (Wildman–Crippen LogP) is 4.72. The molecule has 0 aliphatic heterocycles. The van der Waals surface area contributed by atoms with Gasteiger partial charge in [0.1, 0.15) is 16.1 Å². The molecule has 7 heteroatoms. The van der Waals surface area contributed by atoms with E-state index in [0.29, 0.717) is 28.1 Å². The van der Waals surface area contributed by atoms with Gasteiger partial charge < -0.3 is 14.5 Å². The van der Waals surface area contributed by atoms with Gasteiger partial charge in [-0.2, -0.15) is 0 Å². The molecule has 3 aromatic rings. The summed E-state index contributed by atoms with van der Waals surface area (Å²) in [4.78, 5) is 38.4. The summed E-state index contributed by atoms with van der Waals surface area (Å²) in [5, 5.41) is 4.39. The van der Waals surface area contributed by atoms with Crippen LogP contribution >= 0.6 is 11.3 Å². The number of benzene rings is 1. The molecule has 0 fully saturated rings. The molecule has 0 saturated heterocycles. The molecule has 1 aliphatic carbocycles. The molecular weight excluding hydrogens is 402 g/mol. The minimum absolute atomic E-state index is 0.0390. The Morgan fingerprint density at radius 3 is 2.87 bits per heavy atom. The maximum Gasteiger partial charge on any atom is 0.347 e. The van der Waals surface area contributed by atoms with Gasteiger partial charge in [-0.3, -0.25) is 4.79 Å². The van der Waals surface area contributed by atoms with Crippen LogP contribution in [0, 0.1) is 0 Å². The van der Waals surface area contributed by atoms with E-state index < -0.39 is 11.4 Å². The van der Waals surface area contributed by atoms with Crippen LogP contribution in [0.3, 0.4) is 0 Å². The number of para-hydroxylation sites is 1. The van der Waals surface area contributed by atoms with Crippen LogP contribution in [0.15, 0.2) is 51.8 Å². The van der Waals surface area contributed by atoms with Crippen LogP contribution in [0.4, 0.5) is 5.00 Å². The van der Waals surface area contributed by atoms with Crippen molar-refractivity contribution in [1.82, 2.24) is 0 Å². The number of nitrogens with one attached hydrogen (secondary N) is 1. The molecule has 0 spiro atoms. The molecule has 0 bridgehead atoms. The number of carbonyl (C=O) groups excluding carboxylic acids is 2. The number of ether oxygens (including phenoxy) is 1. The molecule has 154 valence electrons. The molecule has 1 N–H and O–H groups in total. The SMILES string of the molecule is CCOC(=O)c1c(N/C=C\C(=O)c2cc3ccccc3oc2=O)sc2c1CCCC2. The first-order valence-corrected chi connectivity index (χ1v) is 10.7. The monoisotopic (exact) mass is 423 g/mol. The number of ketones is 1. The van der Waals surface area contributed by atoms with Crippen molar-refractivity contribution in [3.05, 3.63) is 74.6 Å². The lowest BCUT2D eigenvalue weighted by atomic mass is 9.95. The first-order valence-electron chi connectivity index (χ1n) is 9.90. The Kier molecular flexibility index (Phi) is 5.81. The van der Waals surface area contributed by atoms with Crippen LogP contribution in [-0.2, 0) is 17.6 Å². The van der Waals surface area contributed by atoms with E-state index in [2.05, 4.69) is 5.32 Å². The van der Waals surface area contributed by atoms with E-state index in [9.17, 15) is 14.4 Å². The topological polar surface area (TPSA) is 85.6 Å². The molecule has 0 atom stereocenters. The molecule has 0 saturated carbocycles. The number of carbonyl (C=O) groups is 2. The van der Waals surface area contributed by atoms with Crippen LogP contribution in [0.2, 0.25) is 0 Å². The van der Waals surface area contributed by atoms with Gasteiger partial charge in [0.25, 0.3) is 0 Å². The van der Waals surface area contributed by atoms with Crippen molar-refractivity contribution in [3.8, 4) is 0 Å². The van der Waals surface area contributed by atoms with Gasteiger partial charge in [-0.25, -0.2) is 9.59 Å². The van der Waals surface area contributed by atoms with Crippen LogP contribution < -0.4 is 10.9 Å². The number of fused-ring (bicyclic) bond motifs is 2. The molecule has 30 heavy (non-hydrogen) atoms. The Hall–Kier alpha value is -3.19. The zero-order valence-corrected chi connectivity index (χ0v) is 17.3. The molecule has 0 unspecified atom stereocenters. The largest absolute Gasteiger partial charge is 0.462 e. The predicted molar refractivity (Wildman–Crippen MR) is 116 cm³/mol. The molecular formula is C23H21NO5S. The van der Waals surface area contributed by atoms with E-state index in [1.54, 1.807) is 25.1 Å². The van der Waals surface area contributed by atoms with E-state index >= 15 is 0 Å². The van der Waals surface area contributed by atoms with Gasteiger partial charge in [0.15, 0.2) is 5.78 Å². The zero-order valence-electron chi connectivity index (χ0n) is 16.5. The van der Waals surface area contributed by atoms with Gasteiger partial charge in [-0.1, -0.05) is 18.2 Å². The van der Waals surface area contributed by atoms with Crippen LogP contribution in [0.5, 0.6) is 0 Å². The molecule has 0 radical (unpaired) electrons. The quantitative estimate of drug-likeness (QED) is 0.267. The first kappa shape index (κ1) is 20.1. The second-order valence-electron chi connectivity index (χ2n) is 6.96. The van der Waals surface area contributed by atoms with Crippen molar-refractivity contribution < 1.29 is 18.7 Å². The Balaban J connectivity index is 1.58. The Labute approximate surface area is 177 Å². The highest BCUT2D eigenvalue weighted by Gasteiger charge is 2.26. The first-order chi connectivity index (χ1) is 14.6. The van der Waals surface area contributed by atoms with Gasteiger partial charge in [0.2, 0.25) is 0 Å². The fourth-order valence-corrected chi connectivity index (χ4v) is 4.86. The third-order valence-electron chi connectivity index (χ3n) is 5.01. The van der Waals surface area contributed by atoms with E-state index in [1.807, 2.05) is 6.07 Å². The lowest BCUT2D eigenvalue weighted by molar-refractivity contribution is 0.0526. The summed E-state index contributed by atoms with van der Waals surface area (Å²) in [6.07, 6.45) is 6.66. The number of hydrogen-bond donors (Lipinski definition) is 1. The Morgan fingerprint density at radius 1 is 1.23 bits per heavy atom. The minimum atomic E-state index is -0.679. The van der Waals surface area contributed by atoms with Gasteiger partial charge >= 0.3 is 11.6 Å². The van der Waals surface area contributed by atoms with Gasteiger partial charge in [0.05, 0.1) is 12.2 Å². The van der Waals surface area contributed by atoms with E-state index in [4.69, 9.17) is 9.15 Å². The van der Waals surface area contributed by atoms with E-state index in [0.717, 1.165) is 31.2 Å². The molecule has 1 aromatic carbocycles. The number of rotatable bonds is 6. The zero-order chi connectivity index (χ0) is 21.1. The fourth-order valence-electron chi connectivity index (χ4n) is 3.60. The number of hydrogen-bond acceptors (Lipinski definition) is 7. The van der Waals surface area contributed by atoms with Crippen molar-refractivity contribution in [2.45, 2.75) is 32.6 Å². The van der Waals surface area contributed by atoms with Crippen molar-refractivity contribution in [1.29, 1.82) is 0 Å². The summed E-state index contributed by atoms with van der Waals surface area (Å²) < 4.78 is 10.5. The minimum Gasteiger partial charge on any atom is -0.462 e. The van der Waals surface area contributed by atoms with Crippen molar-refractivity contribution >= 4 is 39.1 Å². The normalized spacial score (nSPS) is 13.4. The second kappa shape index (κ2) is 8.67. The van der Waals surface area contributed by atoms with Crippen LogP contribution in [0.25, 0.3) is 11.0 Å². The number of esters is 1. The Bertz CT molecular complexity index is 1200. The molecule has 2 heterocycles. The van der Waals surface area contributed by atoms with Gasteiger partial charge in [-0.15, -0.1) is 11.3 Å². The average molecular weight is 423 g/mol. The smallest absolute Gasteiger partial charge is 0.347 e. The molecule has 4 rings (SSSR count). The number of thiophene rings is 1. The molecule has 0 amide bonds. The highest BCUT2D eigenvalue weighted by atomic mass is 32.1. The van der Waals surface area contributed by atoms with Gasteiger partial charge in [0, 0.05) is 22.5 Å². The lowest BCUT2D eigenvalue weighted by Crippen LogP contribution is -2.12. The van der Waals surface area contributed by atoms with Crippen LogP contribution in [-0.4, -0.2) is 18.4 Å². The van der Waals surface area contributed by atoms with Crippen LogP contribution in [0.1, 0.15) is 50.9 Å². The second-order valence-corrected chi connectivity index (χ2v) is 8.07. The fraction of sp³-hybridized carbons (Fsp3) is 0.261. The molecule has 2 aromatic heterocycles. The summed E-state index contributed by atoms with van der Waals surface area (Å²) in [5.74, 6) is -0.824. The summed E-state index contributed by atoms with van der Waals surface area (Å²) in [5.41, 5.74) is 1.32. The summed E-state index contributed by atoms with van der Waals surface area (Å²) in [7, 11) is 0. The van der Waals surface area contributed by atoms with Crippen molar-refractivity contribution in [2.75, 3.05) is 11.9 Å². The highest BCUT2D eigenvalue weighted by molar-refractivity contribution is 7.16. The molecule has 1 aliphatic rings. The third-order valence-corrected chi connectivity index (χ3v) is 6.23. The van der Waals surface area contributed by atoms with Crippen molar-refractivity contribution in [2.24, 2.45) is 0 Å². The lowest BCUT2D eigenvalue weighted by Gasteiger charge is -2.12. The maximum atomic E-state index is 12.5. The number of allylic oxidation sites excluding steroid dienone is 1. The highest BCUT2D eigenvalue weighted by Crippen LogP contribution is 2.38. The summed E-state index contributed by atoms with van der Waals surface area (Å²) in [6.45, 7) is 2.08. The molecule has 6 nitrogen and oxygen atoms in total. The standard InChI is InChI=1S/C23H21NO5S/c1-2-28-23(27)20-15-8-4-6-10-19(15)30-21(20)24-12-11-17(25)16-13-14-7-3-5-9-18(14)29-22(16)26/h3,5,7,9,11-13,24H,2,4,6,8,10H2,1H3/b12-11-. The summed E-state index contributed by atoms with van der Waals surface area (Å²) in [6, 6.07) is 8.56. The van der Waals surface area contributed by atoms with Gasteiger partial charge in [-0.05, 0) is 50.3 Å². The van der Waals surface area contributed by atoms with E-state index in [-0.39, 0.29) is 11.5 Å². The average Bonchev–Trinajstić information content (AvgIpc) is 3.11. The maximum absolute atomic E-state index is 12.5. The third kappa shape index (κ3) is 3.93.